The predicted octanol–water partition coefficient (Wildman–Crippen LogP) is 3.20. The molecule has 3 rings (SSSR count). The molecule has 0 aliphatic carbocycles. The maximum absolute atomic E-state index is 14.0. The number of ketones is 1. The van der Waals surface area contributed by atoms with Gasteiger partial charge in [-0.2, -0.15) is 10.5 Å². The Hall–Kier alpha value is -3.57. The molecule has 128 valence electrons. The molecular formula is C17H10ClFN6O. The molecule has 1 heterocycles. The summed E-state index contributed by atoms with van der Waals surface area (Å²) in [6.45, 7) is 0. The van der Waals surface area contributed by atoms with E-state index in [1.165, 1.54) is 30.5 Å². The summed E-state index contributed by atoms with van der Waals surface area (Å²) < 4.78 is 14.0. The second-order valence-electron chi connectivity index (χ2n) is 5.05. The van der Waals surface area contributed by atoms with E-state index in [9.17, 15) is 14.4 Å². The van der Waals surface area contributed by atoms with Crippen LogP contribution in [0.1, 0.15) is 21.7 Å². The number of halogens is 2. The maximum atomic E-state index is 14.0. The number of aromatic amines is 1. The standard InChI is InChI=1S/C17H10ClFN6O/c18-11-5-6-15(21-9-10(8-20)17-22-24-25-23-17)13(7-11)16(26)12-3-1-2-4-14(12)19/h1-7,9,21H,(H,22,23,24,25). The summed E-state index contributed by atoms with van der Waals surface area (Å²) in [7, 11) is 0. The number of nitrogens with one attached hydrogen (secondary N) is 2. The third-order valence-corrected chi connectivity index (χ3v) is 3.66. The smallest absolute Gasteiger partial charge is 0.216 e. The summed E-state index contributed by atoms with van der Waals surface area (Å²) in [6, 6.07) is 12.1. The zero-order valence-electron chi connectivity index (χ0n) is 13.1. The average Bonchev–Trinajstić information content (AvgIpc) is 3.17. The van der Waals surface area contributed by atoms with E-state index in [-0.39, 0.29) is 22.5 Å². The van der Waals surface area contributed by atoms with E-state index in [0.29, 0.717) is 10.7 Å². The van der Waals surface area contributed by atoms with Crippen LogP contribution in [-0.2, 0) is 0 Å². The number of carbonyl (C=O) groups excluding carboxylic acids is 1. The number of benzene rings is 2. The van der Waals surface area contributed by atoms with Gasteiger partial charge in [0.25, 0.3) is 0 Å². The van der Waals surface area contributed by atoms with Gasteiger partial charge < -0.3 is 5.32 Å². The Morgan fingerprint density at radius 3 is 2.77 bits per heavy atom. The van der Waals surface area contributed by atoms with Crippen LogP contribution in [0.15, 0.2) is 48.7 Å². The van der Waals surface area contributed by atoms with Gasteiger partial charge in [-0.15, -0.1) is 10.2 Å². The van der Waals surface area contributed by atoms with Crippen LogP contribution in [-0.4, -0.2) is 26.4 Å². The Bertz CT molecular complexity index is 1030. The molecule has 0 amide bonds. The highest BCUT2D eigenvalue weighted by Crippen LogP contribution is 2.25. The quantitative estimate of drug-likeness (QED) is 0.529. The van der Waals surface area contributed by atoms with Crippen molar-refractivity contribution in [1.29, 1.82) is 5.26 Å². The summed E-state index contributed by atoms with van der Waals surface area (Å²) >= 11 is 5.99. The van der Waals surface area contributed by atoms with Gasteiger partial charge in [-0.25, -0.2) is 4.39 Å². The lowest BCUT2D eigenvalue weighted by Crippen LogP contribution is -2.07. The highest BCUT2D eigenvalue weighted by atomic mass is 35.5. The molecule has 26 heavy (non-hydrogen) atoms. The lowest BCUT2D eigenvalue weighted by molar-refractivity contribution is 0.103. The summed E-state index contributed by atoms with van der Waals surface area (Å²) in [6.07, 6.45) is 1.33. The monoisotopic (exact) mass is 368 g/mol. The molecule has 7 nitrogen and oxygen atoms in total. The highest BCUT2D eigenvalue weighted by Gasteiger charge is 2.17. The van der Waals surface area contributed by atoms with Crippen LogP contribution in [0, 0.1) is 17.1 Å². The molecule has 0 atom stereocenters. The molecule has 2 aromatic carbocycles. The molecule has 3 aromatic rings. The number of anilines is 1. The number of rotatable bonds is 5. The third kappa shape index (κ3) is 3.58. The first kappa shape index (κ1) is 17.3. The van der Waals surface area contributed by atoms with Gasteiger partial charge in [0, 0.05) is 22.5 Å². The van der Waals surface area contributed by atoms with Gasteiger partial charge in [0.15, 0.2) is 5.78 Å². The van der Waals surface area contributed by atoms with Crippen molar-refractivity contribution >= 4 is 28.6 Å². The third-order valence-electron chi connectivity index (χ3n) is 3.42. The van der Waals surface area contributed by atoms with Crippen LogP contribution >= 0.6 is 11.6 Å². The molecule has 9 heteroatoms. The zero-order valence-corrected chi connectivity index (χ0v) is 13.8. The summed E-state index contributed by atoms with van der Waals surface area (Å²) in [5.41, 5.74) is 0.515. The first-order valence-corrected chi connectivity index (χ1v) is 7.67. The Morgan fingerprint density at radius 1 is 1.27 bits per heavy atom. The van der Waals surface area contributed by atoms with Crippen molar-refractivity contribution in [2.45, 2.75) is 0 Å². The second kappa shape index (κ2) is 7.55. The topological polar surface area (TPSA) is 107 Å². The van der Waals surface area contributed by atoms with Crippen molar-refractivity contribution in [2.75, 3.05) is 5.32 Å². The van der Waals surface area contributed by atoms with Crippen molar-refractivity contribution in [3.8, 4) is 6.07 Å². The first-order valence-electron chi connectivity index (χ1n) is 7.29. The van der Waals surface area contributed by atoms with E-state index < -0.39 is 11.6 Å². The Balaban J connectivity index is 1.98. The molecule has 1 aromatic heterocycles. The van der Waals surface area contributed by atoms with Crippen LogP contribution in [0.4, 0.5) is 10.1 Å². The number of carbonyl (C=O) groups is 1. The number of hydrogen-bond donors (Lipinski definition) is 2. The molecule has 0 saturated carbocycles. The summed E-state index contributed by atoms with van der Waals surface area (Å²) in [5.74, 6) is -1.08. The first-order chi connectivity index (χ1) is 12.6. The number of aromatic nitrogens is 4. The van der Waals surface area contributed by atoms with E-state index in [1.54, 1.807) is 18.2 Å². The fourth-order valence-corrected chi connectivity index (χ4v) is 2.37. The average molecular weight is 369 g/mol. The van der Waals surface area contributed by atoms with Crippen molar-refractivity contribution in [3.63, 3.8) is 0 Å². The van der Waals surface area contributed by atoms with Crippen LogP contribution in [0.2, 0.25) is 5.02 Å². The van der Waals surface area contributed by atoms with Crippen LogP contribution in [0.3, 0.4) is 0 Å². The van der Waals surface area contributed by atoms with Crippen molar-refractivity contribution in [1.82, 2.24) is 20.6 Å². The molecule has 0 bridgehead atoms. The van der Waals surface area contributed by atoms with Gasteiger partial charge in [0.05, 0.1) is 5.56 Å². The largest absolute Gasteiger partial charge is 0.360 e. The van der Waals surface area contributed by atoms with Crippen molar-refractivity contribution in [2.24, 2.45) is 0 Å². The molecule has 0 spiro atoms. The van der Waals surface area contributed by atoms with Crippen molar-refractivity contribution < 1.29 is 9.18 Å². The lowest BCUT2D eigenvalue weighted by atomic mass is 10.0. The minimum Gasteiger partial charge on any atom is -0.360 e. The number of nitrogens with zero attached hydrogens (tertiary/aromatic N) is 4. The van der Waals surface area contributed by atoms with E-state index in [1.807, 2.05) is 6.07 Å². The van der Waals surface area contributed by atoms with E-state index in [0.717, 1.165) is 0 Å². The van der Waals surface area contributed by atoms with E-state index >= 15 is 0 Å². The fraction of sp³-hybridized carbons (Fsp3) is 0. The predicted molar refractivity (Wildman–Crippen MR) is 92.7 cm³/mol. The molecular weight excluding hydrogens is 359 g/mol. The van der Waals surface area contributed by atoms with Gasteiger partial charge >= 0.3 is 0 Å². The Morgan fingerprint density at radius 2 is 2.08 bits per heavy atom. The second-order valence-corrected chi connectivity index (χ2v) is 5.48. The minimum atomic E-state index is -0.636. The molecule has 0 fully saturated rings. The van der Waals surface area contributed by atoms with E-state index in [4.69, 9.17) is 11.6 Å². The summed E-state index contributed by atoms with van der Waals surface area (Å²) in [4.78, 5) is 12.7. The molecule has 0 unspecified atom stereocenters. The van der Waals surface area contributed by atoms with Gasteiger partial charge in [0.2, 0.25) is 5.82 Å². The highest BCUT2D eigenvalue weighted by molar-refractivity contribution is 6.31. The van der Waals surface area contributed by atoms with Crippen LogP contribution < -0.4 is 5.32 Å². The molecule has 2 N–H and O–H groups in total. The number of hydrogen-bond acceptors (Lipinski definition) is 6. The van der Waals surface area contributed by atoms with Gasteiger partial charge in [-0.05, 0) is 35.5 Å². The molecule has 0 saturated heterocycles. The normalized spacial score (nSPS) is 11.0. The zero-order chi connectivity index (χ0) is 18.5. The summed E-state index contributed by atoms with van der Waals surface area (Å²) in [5, 5.41) is 25.4. The Labute approximate surface area is 152 Å². The fourth-order valence-electron chi connectivity index (χ4n) is 2.19. The number of nitriles is 1. The van der Waals surface area contributed by atoms with Crippen molar-refractivity contribution in [3.05, 3.63) is 76.5 Å². The van der Waals surface area contributed by atoms with Gasteiger partial charge in [-0.1, -0.05) is 23.7 Å². The molecule has 0 aliphatic rings. The van der Waals surface area contributed by atoms with E-state index in [2.05, 4.69) is 25.9 Å². The Kier molecular flexibility index (Phi) is 5.01. The molecule has 0 aliphatic heterocycles. The van der Waals surface area contributed by atoms with Gasteiger partial charge in [0.1, 0.15) is 17.5 Å². The van der Waals surface area contributed by atoms with Crippen LogP contribution in [0.5, 0.6) is 0 Å². The number of H-pyrrole nitrogens is 1. The SMILES string of the molecule is N#CC(=CNc1ccc(Cl)cc1C(=O)c1ccccc1F)c1nn[nH]n1. The molecule has 0 radical (unpaired) electrons. The minimum absolute atomic E-state index is 0.0829. The lowest BCUT2D eigenvalue weighted by Gasteiger charge is -2.10. The number of tetrazole rings is 1. The van der Waals surface area contributed by atoms with Gasteiger partial charge in [-0.3, -0.25) is 4.79 Å². The van der Waals surface area contributed by atoms with Crippen LogP contribution in [0.25, 0.3) is 5.57 Å². The maximum Gasteiger partial charge on any atom is 0.216 e. The number of allylic oxidation sites excluding steroid dienone is 1.